The predicted octanol–water partition coefficient (Wildman–Crippen LogP) is 2.88. The zero-order valence-electron chi connectivity index (χ0n) is 12.2. The molecule has 0 saturated carbocycles. The molecule has 0 spiro atoms. The Kier molecular flexibility index (Phi) is 5.63. The van der Waals surface area contributed by atoms with Crippen LogP contribution in [0, 0.1) is 0 Å². The van der Waals surface area contributed by atoms with Crippen molar-refractivity contribution in [2.45, 2.75) is 19.4 Å². The molecule has 1 heterocycles. The van der Waals surface area contributed by atoms with Crippen LogP contribution in [0.2, 0.25) is 0 Å². The number of carbonyl (C=O) groups is 1. The van der Waals surface area contributed by atoms with E-state index in [0.29, 0.717) is 24.5 Å². The quantitative estimate of drug-likeness (QED) is 0.855. The third kappa shape index (κ3) is 4.79. The van der Waals surface area contributed by atoms with Crippen LogP contribution in [0.1, 0.15) is 11.8 Å². The Bertz CT molecular complexity index is 569. The fourth-order valence-corrected chi connectivity index (χ4v) is 2.57. The molecule has 112 valence electrons. The standard InChI is InChI=1S/C16H19NO3S/c1-12(20-15-8-4-3-7-14(15)19-2)11-17-16(18)10-13-6-5-9-21-13/h3-9,12H,10-11H2,1-2H3,(H,17,18)/t12-/m0/s1. The lowest BCUT2D eigenvalue weighted by molar-refractivity contribution is -0.120. The van der Waals surface area contributed by atoms with Crippen molar-refractivity contribution in [1.82, 2.24) is 5.32 Å². The number of carbonyl (C=O) groups excluding carboxylic acids is 1. The van der Waals surface area contributed by atoms with Crippen molar-refractivity contribution < 1.29 is 14.3 Å². The van der Waals surface area contributed by atoms with Crippen LogP contribution in [-0.2, 0) is 11.2 Å². The fourth-order valence-electron chi connectivity index (χ4n) is 1.87. The number of thiophene rings is 1. The molecule has 0 fully saturated rings. The lowest BCUT2D eigenvalue weighted by atomic mass is 10.3. The van der Waals surface area contributed by atoms with Crippen LogP contribution in [0.3, 0.4) is 0 Å². The van der Waals surface area contributed by atoms with Crippen molar-refractivity contribution in [2.24, 2.45) is 0 Å². The van der Waals surface area contributed by atoms with Crippen molar-refractivity contribution in [3.63, 3.8) is 0 Å². The summed E-state index contributed by atoms with van der Waals surface area (Å²) in [6.07, 6.45) is 0.285. The second kappa shape index (κ2) is 7.69. The van der Waals surface area contributed by atoms with E-state index in [9.17, 15) is 4.79 Å². The highest BCUT2D eigenvalue weighted by Gasteiger charge is 2.10. The van der Waals surface area contributed by atoms with Crippen molar-refractivity contribution in [1.29, 1.82) is 0 Å². The Hall–Kier alpha value is -2.01. The SMILES string of the molecule is COc1ccccc1O[C@@H](C)CNC(=O)Cc1cccs1. The molecule has 2 rings (SSSR count). The van der Waals surface area contributed by atoms with Crippen molar-refractivity contribution in [3.05, 3.63) is 46.7 Å². The number of methoxy groups -OCH3 is 1. The van der Waals surface area contributed by atoms with Crippen LogP contribution in [0.15, 0.2) is 41.8 Å². The van der Waals surface area contributed by atoms with Gasteiger partial charge in [0.15, 0.2) is 11.5 Å². The van der Waals surface area contributed by atoms with Gasteiger partial charge in [0.05, 0.1) is 20.1 Å². The molecule has 4 nitrogen and oxygen atoms in total. The average molecular weight is 305 g/mol. The maximum Gasteiger partial charge on any atom is 0.225 e. The number of nitrogens with one attached hydrogen (secondary N) is 1. The van der Waals surface area contributed by atoms with Gasteiger partial charge in [-0.05, 0) is 30.5 Å². The maximum absolute atomic E-state index is 11.8. The highest BCUT2D eigenvalue weighted by Crippen LogP contribution is 2.26. The highest BCUT2D eigenvalue weighted by molar-refractivity contribution is 7.10. The van der Waals surface area contributed by atoms with Gasteiger partial charge in [-0.25, -0.2) is 0 Å². The topological polar surface area (TPSA) is 47.6 Å². The fraction of sp³-hybridized carbons (Fsp3) is 0.312. The molecule has 21 heavy (non-hydrogen) atoms. The van der Waals surface area contributed by atoms with E-state index in [-0.39, 0.29) is 12.0 Å². The van der Waals surface area contributed by atoms with Crippen LogP contribution in [0.25, 0.3) is 0 Å². The summed E-state index contributed by atoms with van der Waals surface area (Å²) in [7, 11) is 1.61. The molecule has 1 amide bonds. The van der Waals surface area contributed by atoms with Crippen molar-refractivity contribution in [3.8, 4) is 11.5 Å². The summed E-state index contributed by atoms with van der Waals surface area (Å²) in [6, 6.07) is 11.4. The minimum Gasteiger partial charge on any atom is -0.493 e. The first kappa shape index (κ1) is 15.4. The van der Waals surface area contributed by atoms with Gasteiger partial charge in [-0.15, -0.1) is 11.3 Å². The largest absolute Gasteiger partial charge is 0.493 e. The Morgan fingerprint density at radius 3 is 2.67 bits per heavy atom. The Balaban J connectivity index is 1.79. The van der Waals surface area contributed by atoms with E-state index in [1.165, 1.54) is 0 Å². The number of hydrogen-bond acceptors (Lipinski definition) is 4. The molecule has 1 aromatic heterocycles. The molecular weight excluding hydrogens is 286 g/mol. The monoisotopic (exact) mass is 305 g/mol. The van der Waals surface area contributed by atoms with Gasteiger partial charge in [0.1, 0.15) is 6.10 Å². The molecule has 5 heteroatoms. The first-order valence-electron chi connectivity index (χ1n) is 6.78. The predicted molar refractivity (Wildman–Crippen MR) is 84.1 cm³/mol. The summed E-state index contributed by atoms with van der Waals surface area (Å²) in [4.78, 5) is 12.9. The molecular formula is C16H19NO3S. The molecule has 0 saturated heterocycles. The van der Waals surface area contributed by atoms with E-state index in [1.807, 2.05) is 48.7 Å². The van der Waals surface area contributed by atoms with Gasteiger partial charge in [-0.2, -0.15) is 0 Å². The molecule has 0 radical (unpaired) electrons. The van der Waals surface area contributed by atoms with Gasteiger partial charge in [0.25, 0.3) is 0 Å². The van der Waals surface area contributed by atoms with E-state index >= 15 is 0 Å². The summed E-state index contributed by atoms with van der Waals surface area (Å²) >= 11 is 1.58. The number of amides is 1. The molecule has 2 aromatic rings. The molecule has 0 aliphatic heterocycles. The molecule has 0 aliphatic carbocycles. The number of hydrogen-bond donors (Lipinski definition) is 1. The van der Waals surface area contributed by atoms with E-state index in [2.05, 4.69) is 5.32 Å². The van der Waals surface area contributed by atoms with Gasteiger partial charge in [-0.1, -0.05) is 18.2 Å². The van der Waals surface area contributed by atoms with Gasteiger partial charge in [-0.3, -0.25) is 4.79 Å². The number of para-hydroxylation sites is 2. The van der Waals surface area contributed by atoms with Gasteiger partial charge >= 0.3 is 0 Å². The third-order valence-corrected chi connectivity index (χ3v) is 3.78. The molecule has 0 unspecified atom stereocenters. The Morgan fingerprint density at radius 2 is 2.00 bits per heavy atom. The molecule has 1 aromatic carbocycles. The van der Waals surface area contributed by atoms with Crippen LogP contribution < -0.4 is 14.8 Å². The number of benzene rings is 1. The van der Waals surface area contributed by atoms with E-state index in [0.717, 1.165) is 4.88 Å². The van der Waals surface area contributed by atoms with E-state index in [4.69, 9.17) is 9.47 Å². The molecule has 0 aliphatic rings. The normalized spacial score (nSPS) is 11.7. The van der Waals surface area contributed by atoms with E-state index < -0.39 is 0 Å². The lowest BCUT2D eigenvalue weighted by Crippen LogP contribution is -2.34. The second-order valence-electron chi connectivity index (χ2n) is 4.64. The van der Waals surface area contributed by atoms with Crippen LogP contribution in [0.5, 0.6) is 11.5 Å². The average Bonchev–Trinajstić information content (AvgIpc) is 2.98. The highest BCUT2D eigenvalue weighted by atomic mass is 32.1. The lowest BCUT2D eigenvalue weighted by Gasteiger charge is -2.17. The first-order valence-corrected chi connectivity index (χ1v) is 7.65. The van der Waals surface area contributed by atoms with Crippen molar-refractivity contribution >= 4 is 17.2 Å². The number of rotatable bonds is 7. The number of ether oxygens (including phenoxy) is 2. The smallest absolute Gasteiger partial charge is 0.225 e. The van der Waals surface area contributed by atoms with Gasteiger partial charge < -0.3 is 14.8 Å². The second-order valence-corrected chi connectivity index (χ2v) is 5.67. The van der Waals surface area contributed by atoms with E-state index in [1.54, 1.807) is 18.4 Å². The summed E-state index contributed by atoms with van der Waals surface area (Å²) in [5.41, 5.74) is 0. The molecule has 0 bridgehead atoms. The Morgan fingerprint density at radius 1 is 1.24 bits per heavy atom. The summed E-state index contributed by atoms with van der Waals surface area (Å²) in [6.45, 7) is 2.38. The summed E-state index contributed by atoms with van der Waals surface area (Å²) in [5.74, 6) is 1.38. The third-order valence-electron chi connectivity index (χ3n) is 2.90. The summed E-state index contributed by atoms with van der Waals surface area (Å²) < 4.78 is 11.0. The maximum atomic E-state index is 11.8. The minimum absolute atomic E-state index is 0.00734. The Labute approximate surface area is 128 Å². The summed E-state index contributed by atoms with van der Waals surface area (Å²) in [5, 5.41) is 4.85. The van der Waals surface area contributed by atoms with Crippen LogP contribution in [-0.4, -0.2) is 25.7 Å². The minimum atomic E-state index is -0.131. The van der Waals surface area contributed by atoms with Crippen molar-refractivity contribution in [2.75, 3.05) is 13.7 Å². The zero-order chi connectivity index (χ0) is 15.1. The zero-order valence-corrected chi connectivity index (χ0v) is 13.0. The first-order chi connectivity index (χ1) is 10.2. The molecule has 1 N–H and O–H groups in total. The van der Waals surface area contributed by atoms with Crippen LogP contribution in [0.4, 0.5) is 0 Å². The van der Waals surface area contributed by atoms with Crippen LogP contribution >= 0.6 is 11.3 Å². The van der Waals surface area contributed by atoms with Gasteiger partial charge in [0, 0.05) is 4.88 Å². The van der Waals surface area contributed by atoms with Gasteiger partial charge in [0.2, 0.25) is 5.91 Å². The molecule has 1 atom stereocenters.